The molecule has 0 aliphatic carbocycles. The molecule has 0 atom stereocenters. The first-order valence-corrected chi connectivity index (χ1v) is 16.4. The van der Waals surface area contributed by atoms with E-state index in [0.29, 0.717) is 34.7 Å². The van der Waals surface area contributed by atoms with Gasteiger partial charge in [0, 0.05) is 47.7 Å². The first kappa shape index (κ1) is 31.7. The van der Waals surface area contributed by atoms with Crippen molar-refractivity contribution in [3.63, 3.8) is 0 Å². The standard InChI is InChI=1S/C33H33N3O5S2/c1-2-10-31(37)34-25-14-18-27(19-15-25)43(40,41)28-20-16-26(17-21-28)35-33(39)29-11-4-5-12-30(29)42-32(38)13-6-9-24-36-22-7-3-8-23-36/h3-5,7-8,11-12,14-23H,2,6,9-10,13,24H2,1H3,(H-,34,35,37,39)/p+1. The molecule has 2 amide bonds. The van der Waals surface area contributed by atoms with Crippen LogP contribution < -0.4 is 15.2 Å². The number of anilines is 2. The molecular weight excluding hydrogens is 583 g/mol. The van der Waals surface area contributed by atoms with E-state index in [1.165, 1.54) is 36.4 Å². The lowest BCUT2D eigenvalue weighted by molar-refractivity contribution is -0.697. The van der Waals surface area contributed by atoms with Crippen molar-refractivity contribution in [2.75, 3.05) is 10.6 Å². The minimum atomic E-state index is -3.81. The molecular formula is C33H34N3O5S2+. The van der Waals surface area contributed by atoms with Crippen molar-refractivity contribution >= 4 is 49.9 Å². The molecule has 1 heterocycles. The van der Waals surface area contributed by atoms with E-state index in [1.807, 2.05) is 37.5 Å². The minimum absolute atomic E-state index is 0.00996. The van der Waals surface area contributed by atoms with Gasteiger partial charge >= 0.3 is 0 Å². The van der Waals surface area contributed by atoms with Crippen molar-refractivity contribution in [2.24, 2.45) is 0 Å². The molecule has 8 nitrogen and oxygen atoms in total. The molecule has 0 unspecified atom stereocenters. The number of hydrogen-bond acceptors (Lipinski definition) is 6. The highest BCUT2D eigenvalue weighted by atomic mass is 32.2. The molecule has 3 aromatic carbocycles. The maximum atomic E-state index is 13.1. The third-order valence-corrected chi connectivity index (χ3v) is 9.32. The van der Waals surface area contributed by atoms with Gasteiger partial charge in [0.25, 0.3) is 5.91 Å². The van der Waals surface area contributed by atoms with Crippen LogP contribution in [0.4, 0.5) is 11.4 Å². The number of carbonyl (C=O) groups excluding carboxylic acids is 3. The van der Waals surface area contributed by atoms with Crippen LogP contribution in [-0.4, -0.2) is 25.3 Å². The van der Waals surface area contributed by atoms with Crippen LogP contribution in [0.5, 0.6) is 0 Å². The molecule has 0 bridgehead atoms. The van der Waals surface area contributed by atoms with Gasteiger partial charge in [0.1, 0.15) is 6.54 Å². The summed E-state index contributed by atoms with van der Waals surface area (Å²) >= 11 is 1.06. The van der Waals surface area contributed by atoms with Crippen LogP contribution in [0.2, 0.25) is 0 Å². The van der Waals surface area contributed by atoms with E-state index < -0.39 is 15.7 Å². The third kappa shape index (κ3) is 9.10. The monoisotopic (exact) mass is 616 g/mol. The molecule has 4 rings (SSSR count). The predicted molar refractivity (Wildman–Crippen MR) is 168 cm³/mol. The molecule has 0 saturated carbocycles. The largest absolute Gasteiger partial charge is 0.326 e. The number of thioether (sulfide) groups is 1. The molecule has 0 saturated heterocycles. The molecule has 0 fully saturated rings. The predicted octanol–water partition coefficient (Wildman–Crippen LogP) is 6.29. The summed E-state index contributed by atoms with van der Waals surface area (Å²) in [6.07, 6.45) is 7.12. The van der Waals surface area contributed by atoms with E-state index in [2.05, 4.69) is 15.2 Å². The summed E-state index contributed by atoms with van der Waals surface area (Å²) in [5.74, 6) is -0.523. The van der Waals surface area contributed by atoms with Gasteiger partial charge in [-0.3, -0.25) is 14.4 Å². The van der Waals surface area contributed by atoms with Gasteiger partial charge < -0.3 is 10.6 Å². The summed E-state index contributed by atoms with van der Waals surface area (Å²) in [4.78, 5) is 38.3. The Morgan fingerprint density at radius 2 is 1.33 bits per heavy atom. The van der Waals surface area contributed by atoms with Crippen molar-refractivity contribution in [1.29, 1.82) is 0 Å². The highest BCUT2D eigenvalue weighted by molar-refractivity contribution is 8.13. The number of sulfone groups is 1. The van der Waals surface area contributed by atoms with Crippen LogP contribution >= 0.6 is 11.8 Å². The number of aryl methyl sites for hydroxylation is 1. The van der Waals surface area contributed by atoms with E-state index in [4.69, 9.17) is 0 Å². The quantitative estimate of drug-likeness (QED) is 0.104. The second-order valence-electron chi connectivity index (χ2n) is 9.85. The first-order valence-electron chi connectivity index (χ1n) is 14.1. The zero-order chi connectivity index (χ0) is 30.7. The van der Waals surface area contributed by atoms with Crippen LogP contribution in [0, 0.1) is 0 Å². The number of aromatic nitrogens is 1. The average Bonchev–Trinajstić information content (AvgIpc) is 3.01. The molecule has 222 valence electrons. The molecule has 0 radical (unpaired) electrons. The Bertz CT molecular complexity index is 1660. The molecule has 10 heteroatoms. The second-order valence-corrected chi connectivity index (χ2v) is 12.9. The number of rotatable bonds is 13. The molecule has 0 spiro atoms. The van der Waals surface area contributed by atoms with E-state index in [9.17, 15) is 22.8 Å². The maximum absolute atomic E-state index is 13.1. The number of nitrogens with zero attached hydrogens (tertiary/aromatic N) is 1. The third-order valence-electron chi connectivity index (χ3n) is 6.53. The highest BCUT2D eigenvalue weighted by Gasteiger charge is 2.19. The SMILES string of the molecule is CCCC(=O)Nc1ccc(S(=O)(=O)c2ccc(NC(=O)c3ccccc3SC(=O)CCCC[n+]3ccccc3)cc2)cc1. The number of benzene rings is 3. The molecule has 1 aromatic heterocycles. The summed E-state index contributed by atoms with van der Waals surface area (Å²) in [5.41, 5.74) is 1.31. The smallest absolute Gasteiger partial charge is 0.256 e. The Balaban J connectivity index is 1.34. The van der Waals surface area contributed by atoms with Crippen molar-refractivity contribution in [3.05, 3.63) is 109 Å². The summed E-state index contributed by atoms with van der Waals surface area (Å²) in [6, 6.07) is 24.7. The number of unbranched alkanes of at least 4 members (excludes halogenated alkanes) is 1. The molecule has 0 aliphatic rings. The van der Waals surface area contributed by atoms with Gasteiger partial charge in [-0.15, -0.1) is 0 Å². The fourth-order valence-corrected chi connectivity index (χ4v) is 6.45. The average molecular weight is 617 g/mol. The minimum Gasteiger partial charge on any atom is -0.326 e. The van der Waals surface area contributed by atoms with Gasteiger partial charge in [-0.2, -0.15) is 0 Å². The van der Waals surface area contributed by atoms with Gasteiger partial charge in [-0.05, 0) is 73.5 Å². The van der Waals surface area contributed by atoms with Crippen molar-refractivity contribution < 1.29 is 27.4 Å². The number of pyridine rings is 1. The molecule has 4 aromatic rings. The van der Waals surface area contributed by atoms with Crippen LogP contribution in [0.3, 0.4) is 0 Å². The topological polar surface area (TPSA) is 113 Å². The van der Waals surface area contributed by atoms with Crippen molar-refractivity contribution in [3.8, 4) is 0 Å². The fraction of sp³-hybridized carbons (Fsp3) is 0.212. The van der Waals surface area contributed by atoms with Crippen LogP contribution in [-0.2, 0) is 26.0 Å². The summed E-state index contributed by atoms with van der Waals surface area (Å²) < 4.78 is 28.3. The highest BCUT2D eigenvalue weighted by Crippen LogP contribution is 2.27. The normalized spacial score (nSPS) is 11.1. The summed E-state index contributed by atoms with van der Waals surface area (Å²) in [5, 5.41) is 5.52. The maximum Gasteiger partial charge on any atom is 0.256 e. The van der Waals surface area contributed by atoms with Crippen LogP contribution in [0.15, 0.2) is 118 Å². The number of carbonyl (C=O) groups is 3. The van der Waals surface area contributed by atoms with Gasteiger partial charge in [-0.25, -0.2) is 13.0 Å². The summed E-state index contributed by atoms with van der Waals surface area (Å²) in [6.45, 7) is 2.74. The zero-order valence-electron chi connectivity index (χ0n) is 23.9. The number of amides is 2. The number of nitrogens with one attached hydrogen (secondary N) is 2. The molecule has 0 aliphatic heterocycles. The lowest BCUT2D eigenvalue weighted by atomic mass is 10.2. The van der Waals surface area contributed by atoms with Crippen molar-refractivity contribution in [2.45, 2.75) is 60.3 Å². The Labute approximate surface area is 256 Å². The first-order chi connectivity index (χ1) is 20.8. The number of hydrogen-bond donors (Lipinski definition) is 2. The summed E-state index contributed by atoms with van der Waals surface area (Å²) in [7, 11) is -3.81. The zero-order valence-corrected chi connectivity index (χ0v) is 25.5. The Morgan fingerprint density at radius 1 is 0.721 bits per heavy atom. The Morgan fingerprint density at radius 3 is 1.95 bits per heavy atom. The fourth-order valence-electron chi connectivity index (χ4n) is 4.28. The molecule has 2 N–H and O–H groups in total. The van der Waals surface area contributed by atoms with Gasteiger partial charge in [-0.1, -0.05) is 36.9 Å². The molecule has 43 heavy (non-hydrogen) atoms. The van der Waals surface area contributed by atoms with Gasteiger partial charge in [0.05, 0.1) is 15.4 Å². The Kier molecular flexibility index (Phi) is 11.2. The second kappa shape index (κ2) is 15.3. The van der Waals surface area contributed by atoms with Gasteiger partial charge in [0.15, 0.2) is 17.5 Å². The van der Waals surface area contributed by atoms with E-state index >= 15 is 0 Å². The van der Waals surface area contributed by atoms with Crippen LogP contribution in [0.1, 0.15) is 49.4 Å². The Hall–Kier alpha value is -4.28. The van der Waals surface area contributed by atoms with Crippen LogP contribution in [0.25, 0.3) is 0 Å². The van der Waals surface area contributed by atoms with Gasteiger partial charge in [0.2, 0.25) is 15.7 Å². The lowest BCUT2D eigenvalue weighted by Crippen LogP contribution is -2.32. The van der Waals surface area contributed by atoms with E-state index in [0.717, 1.165) is 37.6 Å². The van der Waals surface area contributed by atoms with E-state index in [1.54, 1.807) is 36.4 Å². The lowest BCUT2D eigenvalue weighted by Gasteiger charge is -2.11. The van der Waals surface area contributed by atoms with E-state index in [-0.39, 0.29) is 20.8 Å². The van der Waals surface area contributed by atoms with Crippen molar-refractivity contribution in [1.82, 2.24) is 0 Å².